The third-order valence-electron chi connectivity index (χ3n) is 1.57. The lowest BCUT2D eigenvalue weighted by Gasteiger charge is -2.15. The first-order valence-corrected chi connectivity index (χ1v) is 4.01. The summed E-state index contributed by atoms with van der Waals surface area (Å²) in [7, 11) is 0. The van der Waals surface area contributed by atoms with Gasteiger partial charge in [0, 0.05) is 6.42 Å². The van der Waals surface area contributed by atoms with Crippen LogP contribution in [-0.4, -0.2) is 17.9 Å². The normalized spacial score (nSPS) is 14.4. The van der Waals surface area contributed by atoms with Crippen molar-refractivity contribution in [3.05, 3.63) is 0 Å². The van der Waals surface area contributed by atoms with Crippen molar-refractivity contribution in [2.75, 3.05) is 0 Å². The number of hydrogen-bond acceptors (Lipinski definition) is 1. The second-order valence-electron chi connectivity index (χ2n) is 2.69. The maximum atomic E-state index is 12.7. The Morgan fingerprint density at radius 3 is 2.25 bits per heavy atom. The van der Waals surface area contributed by atoms with E-state index in [1.54, 1.807) is 0 Å². The SMILES string of the molecule is CCCC(F)(F)C(=O)C(F)CC. The van der Waals surface area contributed by atoms with Crippen LogP contribution < -0.4 is 0 Å². The molecule has 1 nitrogen and oxygen atoms in total. The van der Waals surface area contributed by atoms with Crippen LogP contribution in [0.4, 0.5) is 13.2 Å². The van der Waals surface area contributed by atoms with Crippen LogP contribution >= 0.6 is 0 Å². The molecule has 0 rings (SSSR count). The number of rotatable bonds is 5. The Labute approximate surface area is 70.0 Å². The summed E-state index contributed by atoms with van der Waals surface area (Å²) in [6, 6.07) is 0. The molecule has 0 aliphatic rings. The highest BCUT2D eigenvalue weighted by Crippen LogP contribution is 2.24. The van der Waals surface area contributed by atoms with E-state index in [0.29, 0.717) is 0 Å². The number of Topliss-reactive ketones (excluding diaryl/α,β-unsaturated/α-hetero) is 1. The van der Waals surface area contributed by atoms with Crippen LogP contribution in [0.5, 0.6) is 0 Å². The molecule has 0 aliphatic heterocycles. The van der Waals surface area contributed by atoms with Crippen molar-refractivity contribution in [2.24, 2.45) is 0 Å². The second-order valence-corrected chi connectivity index (χ2v) is 2.69. The van der Waals surface area contributed by atoms with E-state index in [2.05, 4.69) is 0 Å². The molecule has 0 aliphatic carbocycles. The lowest BCUT2D eigenvalue weighted by molar-refractivity contribution is -0.149. The topological polar surface area (TPSA) is 17.1 Å². The third-order valence-corrected chi connectivity index (χ3v) is 1.57. The van der Waals surface area contributed by atoms with Crippen LogP contribution in [0, 0.1) is 0 Å². The molecule has 4 heteroatoms. The predicted octanol–water partition coefficient (Wildman–Crippen LogP) is 2.74. The van der Waals surface area contributed by atoms with Gasteiger partial charge in [-0.15, -0.1) is 0 Å². The molecular weight excluding hydrogens is 169 g/mol. The molecule has 0 saturated heterocycles. The fraction of sp³-hybridized carbons (Fsp3) is 0.875. The molecule has 0 N–H and O–H groups in total. The van der Waals surface area contributed by atoms with Crippen LogP contribution in [0.2, 0.25) is 0 Å². The van der Waals surface area contributed by atoms with E-state index in [4.69, 9.17) is 0 Å². The molecule has 0 aromatic carbocycles. The van der Waals surface area contributed by atoms with Gasteiger partial charge in [0.25, 0.3) is 0 Å². The zero-order valence-corrected chi connectivity index (χ0v) is 7.24. The van der Waals surface area contributed by atoms with E-state index in [9.17, 15) is 18.0 Å². The molecule has 0 aromatic rings. The van der Waals surface area contributed by atoms with Crippen molar-refractivity contribution < 1.29 is 18.0 Å². The largest absolute Gasteiger partial charge is 0.308 e. The molecule has 0 amide bonds. The summed E-state index contributed by atoms with van der Waals surface area (Å²) < 4.78 is 37.8. The number of carbonyl (C=O) groups excluding carboxylic acids is 1. The van der Waals surface area contributed by atoms with E-state index in [1.165, 1.54) is 13.8 Å². The zero-order chi connectivity index (χ0) is 9.78. The average Bonchev–Trinajstić information content (AvgIpc) is 2.01. The van der Waals surface area contributed by atoms with E-state index < -0.39 is 24.3 Å². The Balaban J connectivity index is 4.24. The minimum absolute atomic E-state index is 0.176. The van der Waals surface area contributed by atoms with Gasteiger partial charge in [0.05, 0.1) is 0 Å². The van der Waals surface area contributed by atoms with Crippen molar-refractivity contribution in [2.45, 2.75) is 45.2 Å². The smallest absolute Gasteiger partial charge is 0.290 e. The van der Waals surface area contributed by atoms with Crippen LogP contribution in [0.25, 0.3) is 0 Å². The van der Waals surface area contributed by atoms with Gasteiger partial charge < -0.3 is 0 Å². The highest BCUT2D eigenvalue weighted by atomic mass is 19.3. The summed E-state index contributed by atoms with van der Waals surface area (Å²) in [6.07, 6.45) is -2.59. The molecule has 0 bridgehead atoms. The molecule has 12 heavy (non-hydrogen) atoms. The summed E-state index contributed by atoms with van der Waals surface area (Å²) in [5.74, 6) is -5.06. The average molecular weight is 182 g/mol. The zero-order valence-electron chi connectivity index (χ0n) is 7.24. The van der Waals surface area contributed by atoms with E-state index >= 15 is 0 Å². The van der Waals surface area contributed by atoms with Gasteiger partial charge in [0.1, 0.15) is 0 Å². The quantitative estimate of drug-likeness (QED) is 0.638. The summed E-state index contributed by atoms with van der Waals surface area (Å²) >= 11 is 0. The van der Waals surface area contributed by atoms with Crippen LogP contribution in [0.1, 0.15) is 33.1 Å². The van der Waals surface area contributed by atoms with Crippen molar-refractivity contribution >= 4 is 5.78 Å². The summed E-state index contributed by atoms with van der Waals surface area (Å²) in [5, 5.41) is 0. The van der Waals surface area contributed by atoms with Gasteiger partial charge >= 0.3 is 5.92 Å². The van der Waals surface area contributed by atoms with Crippen LogP contribution in [0.15, 0.2) is 0 Å². The number of alkyl halides is 3. The fourth-order valence-electron chi connectivity index (χ4n) is 0.852. The molecule has 0 fully saturated rings. The van der Waals surface area contributed by atoms with Gasteiger partial charge in [-0.3, -0.25) is 4.79 Å². The molecule has 0 spiro atoms. The van der Waals surface area contributed by atoms with E-state index in [0.717, 1.165) is 0 Å². The molecule has 0 saturated carbocycles. The molecular formula is C8H13F3O. The maximum absolute atomic E-state index is 12.7. The predicted molar refractivity (Wildman–Crippen MR) is 40.0 cm³/mol. The summed E-state index contributed by atoms with van der Waals surface area (Å²) in [5.41, 5.74) is 0. The monoisotopic (exact) mass is 182 g/mol. The first kappa shape index (κ1) is 11.5. The minimum atomic E-state index is -3.48. The lowest BCUT2D eigenvalue weighted by Crippen LogP contribution is -2.35. The Morgan fingerprint density at radius 2 is 1.92 bits per heavy atom. The van der Waals surface area contributed by atoms with Crippen molar-refractivity contribution in [1.82, 2.24) is 0 Å². The Hall–Kier alpha value is -0.540. The van der Waals surface area contributed by atoms with Crippen molar-refractivity contribution in [3.63, 3.8) is 0 Å². The molecule has 1 unspecified atom stereocenters. The van der Waals surface area contributed by atoms with Gasteiger partial charge in [-0.1, -0.05) is 13.8 Å². The third kappa shape index (κ3) is 2.83. The lowest BCUT2D eigenvalue weighted by atomic mass is 10.0. The Bertz CT molecular complexity index is 156. The standard InChI is InChI=1S/C8H13F3O/c1-3-5-8(10,11)7(12)6(9)4-2/h6H,3-5H2,1-2H3. The molecule has 0 heterocycles. The fourth-order valence-corrected chi connectivity index (χ4v) is 0.852. The Morgan fingerprint density at radius 1 is 1.42 bits per heavy atom. The van der Waals surface area contributed by atoms with E-state index in [-0.39, 0.29) is 12.8 Å². The number of carbonyl (C=O) groups is 1. The highest BCUT2D eigenvalue weighted by molar-refractivity contribution is 5.89. The maximum Gasteiger partial charge on any atom is 0.308 e. The van der Waals surface area contributed by atoms with Crippen LogP contribution in [0.3, 0.4) is 0 Å². The molecule has 1 atom stereocenters. The van der Waals surface area contributed by atoms with Crippen molar-refractivity contribution in [3.8, 4) is 0 Å². The van der Waals surface area contributed by atoms with E-state index in [1.807, 2.05) is 0 Å². The van der Waals surface area contributed by atoms with Gasteiger partial charge in [-0.25, -0.2) is 4.39 Å². The molecule has 72 valence electrons. The first-order chi connectivity index (χ1) is 5.45. The summed E-state index contributed by atoms with van der Waals surface area (Å²) in [6.45, 7) is 2.89. The Kier molecular flexibility index (Phi) is 4.28. The van der Waals surface area contributed by atoms with Gasteiger partial charge in [-0.05, 0) is 12.8 Å². The number of halogens is 3. The summed E-state index contributed by atoms with van der Waals surface area (Å²) in [4.78, 5) is 10.7. The van der Waals surface area contributed by atoms with Gasteiger partial charge in [0.15, 0.2) is 6.17 Å². The number of hydrogen-bond donors (Lipinski definition) is 0. The van der Waals surface area contributed by atoms with Crippen LogP contribution in [-0.2, 0) is 4.79 Å². The first-order valence-electron chi connectivity index (χ1n) is 4.01. The van der Waals surface area contributed by atoms with Gasteiger partial charge in [-0.2, -0.15) is 8.78 Å². The van der Waals surface area contributed by atoms with Gasteiger partial charge in [0.2, 0.25) is 5.78 Å². The molecule has 0 aromatic heterocycles. The number of ketones is 1. The second kappa shape index (κ2) is 4.48. The molecule has 0 radical (unpaired) electrons. The highest BCUT2D eigenvalue weighted by Gasteiger charge is 2.41. The van der Waals surface area contributed by atoms with Crippen molar-refractivity contribution in [1.29, 1.82) is 0 Å². The minimum Gasteiger partial charge on any atom is -0.290 e.